The zero-order valence-electron chi connectivity index (χ0n) is 9.44. The molecule has 2 N–H and O–H groups in total. The Morgan fingerprint density at radius 3 is 2.83 bits per heavy atom. The molecule has 0 bridgehead atoms. The van der Waals surface area contributed by atoms with E-state index < -0.39 is 0 Å². The lowest BCUT2D eigenvalue weighted by Gasteiger charge is -1.99. The largest absolute Gasteiger partial charge is 0.355 e. The molecule has 2 aliphatic heterocycles. The van der Waals surface area contributed by atoms with Crippen molar-refractivity contribution in [3.8, 4) is 22.8 Å². The Balaban J connectivity index is 1.94. The van der Waals surface area contributed by atoms with Crippen LogP contribution in [0.2, 0.25) is 0 Å². The summed E-state index contributed by atoms with van der Waals surface area (Å²) in [6.45, 7) is 0. The van der Waals surface area contributed by atoms with Crippen LogP contribution in [0, 0.1) is 6.07 Å². The molecule has 0 amide bonds. The van der Waals surface area contributed by atoms with Gasteiger partial charge in [0.05, 0.1) is 0 Å². The van der Waals surface area contributed by atoms with Crippen LogP contribution in [0.5, 0.6) is 0 Å². The number of nitrogens with zero attached hydrogens (tertiary/aromatic N) is 2. The fraction of sp³-hybridized carbons (Fsp3) is 0. The third-order valence-corrected chi connectivity index (χ3v) is 3.02. The van der Waals surface area contributed by atoms with Gasteiger partial charge >= 0.3 is 0 Å². The van der Waals surface area contributed by atoms with E-state index in [9.17, 15) is 0 Å². The minimum Gasteiger partial charge on any atom is -0.355 e. The van der Waals surface area contributed by atoms with Crippen LogP contribution in [0.25, 0.3) is 33.7 Å². The molecule has 3 heterocycles. The molecule has 0 fully saturated rings. The third-order valence-electron chi connectivity index (χ3n) is 3.02. The van der Waals surface area contributed by atoms with Gasteiger partial charge in [0.25, 0.3) is 0 Å². The van der Waals surface area contributed by atoms with Gasteiger partial charge in [0, 0.05) is 34.4 Å². The highest BCUT2D eigenvalue weighted by Gasteiger charge is 2.11. The first-order chi connectivity index (χ1) is 8.90. The standard InChI is InChI=1S/C14H9N4/c1-2-4-11-9(3-1)7-12(16-11)10-5-6-15-14-13(8-10)17-18-14/h1-7,16H,(H,15,18). The van der Waals surface area contributed by atoms with E-state index in [0.717, 1.165) is 28.3 Å². The molecule has 1 aromatic heterocycles. The lowest BCUT2D eigenvalue weighted by molar-refractivity contribution is 0.931. The van der Waals surface area contributed by atoms with Crippen LogP contribution >= 0.6 is 0 Å². The minimum atomic E-state index is 0.772. The maximum atomic E-state index is 3.94. The van der Waals surface area contributed by atoms with Crippen LogP contribution in [0.1, 0.15) is 0 Å². The van der Waals surface area contributed by atoms with Crippen molar-refractivity contribution in [3.05, 3.63) is 48.7 Å². The summed E-state index contributed by atoms with van der Waals surface area (Å²) in [6, 6.07) is 15.5. The lowest BCUT2D eigenvalue weighted by atomic mass is 10.2. The van der Waals surface area contributed by atoms with Gasteiger partial charge in [-0.15, -0.1) is 10.2 Å². The molecule has 0 saturated heterocycles. The number of para-hydroxylation sites is 1. The van der Waals surface area contributed by atoms with Crippen molar-refractivity contribution in [2.75, 3.05) is 0 Å². The molecule has 2 aromatic rings. The van der Waals surface area contributed by atoms with Crippen molar-refractivity contribution in [1.82, 2.24) is 20.2 Å². The number of benzene rings is 1. The second kappa shape index (κ2) is 3.43. The quantitative estimate of drug-likeness (QED) is 0.531. The van der Waals surface area contributed by atoms with Crippen LogP contribution in [-0.4, -0.2) is 20.2 Å². The number of aromatic nitrogens is 4. The minimum absolute atomic E-state index is 0.772. The predicted molar refractivity (Wildman–Crippen MR) is 69.1 cm³/mol. The van der Waals surface area contributed by atoms with Gasteiger partial charge in [0.2, 0.25) is 0 Å². The van der Waals surface area contributed by atoms with Gasteiger partial charge in [0.15, 0.2) is 5.82 Å². The molecule has 0 aliphatic carbocycles. The number of rotatable bonds is 1. The van der Waals surface area contributed by atoms with Crippen molar-refractivity contribution in [2.24, 2.45) is 0 Å². The summed E-state index contributed by atoms with van der Waals surface area (Å²) in [5.41, 5.74) is 3.90. The Labute approximate surface area is 103 Å². The summed E-state index contributed by atoms with van der Waals surface area (Å²) >= 11 is 0. The number of hydrogen-bond acceptors (Lipinski definition) is 2. The van der Waals surface area contributed by atoms with Crippen LogP contribution < -0.4 is 0 Å². The fourth-order valence-electron chi connectivity index (χ4n) is 2.08. The summed E-state index contributed by atoms with van der Waals surface area (Å²) in [5, 5.41) is 9.01. The van der Waals surface area contributed by atoms with E-state index in [0.29, 0.717) is 0 Å². The Kier molecular flexibility index (Phi) is 1.80. The maximum absolute atomic E-state index is 3.94. The second-order valence-electron chi connectivity index (χ2n) is 4.18. The first kappa shape index (κ1) is 9.41. The maximum Gasteiger partial charge on any atom is 0.181 e. The highest BCUT2D eigenvalue weighted by Crippen LogP contribution is 2.25. The molecule has 4 nitrogen and oxygen atoms in total. The first-order valence-electron chi connectivity index (χ1n) is 5.71. The fourth-order valence-corrected chi connectivity index (χ4v) is 2.08. The van der Waals surface area contributed by atoms with E-state index in [-0.39, 0.29) is 0 Å². The molecule has 1 radical (unpaired) electrons. The average molecular weight is 233 g/mol. The number of hydrogen-bond donors (Lipinski definition) is 2. The van der Waals surface area contributed by atoms with Crippen LogP contribution in [0.3, 0.4) is 0 Å². The van der Waals surface area contributed by atoms with E-state index in [1.54, 1.807) is 0 Å². The molecule has 4 heteroatoms. The van der Waals surface area contributed by atoms with Gasteiger partial charge in [-0.1, -0.05) is 18.2 Å². The summed E-state index contributed by atoms with van der Waals surface area (Å²) in [7, 11) is 0. The molecular formula is C14H9N4. The SMILES string of the molecule is [c]1c(-c2cc3ccccc3[nH]2)cc[nH]c2nnc1-2. The topological polar surface area (TPSA) is 57.4 Å². The summed E-state index contributed by atoms with van der Waals surface area (Å²) < 4.78 is 0. The van der Waals surface area contributed by atoms with E-state index in [4.69, 9.17) is 0 Å². The van der Waals surface area contributed by atoms with Crippen molar-refractivity contribution < 1.29 is 0 Å². The van der Waals surface area contributed by atoms with Crippen LogP contribution in [-0.2, 0) is 0 Å². The smallest absolute Gasteiger partial charge is 0.181 e. The van der Waals surface area contributed by atoms with Crippen LogP contribution in [0.4, 0.5) is 0 Å². The average Bonchev–Trinajstić information content (AvgIpc) is 2.73. The molecule has 1 aromatic carbocycles. The number of H-pyrrole nitrogens is 2. The summed E-state index contributed by atoms with van der Waals surface area (Å²) in [5.74, 6) is 0.775. The predicted octanol–water partition coefficient (Wildman–Crippen LogP) is 2.86. The Morgan fingerprint density at radius 1 is 1.06 bits per heavy atom. The zero-order valence-corrected chi connectivity index (χ0v) is 9.44. The number of nitrogens with one attached hydrogen (secondary N) is 2. The van der Waals surface area contributed by atoms with E-state index in [1.807, 2.05) is 24.4 Å². The van der Waals surface area contributed by atoms with E-state index >= 15 is 0 Å². The van der Waals surface area contributed by atoms with Crippen molar-refractivity contribution >= 4 is 10.9 Å². The molecule has 18 heavy (non-hydrogen) atoms. The van der Waals surface area contributed by atoms with E-state index in [2.05, 4.69) is 44.4 Å². The molecule has 0 unspecified atom stereocenters. The van der Waals surface area contributed by atoms with Gasteiger partial charge in [0.1, 0.15) is 5.69 Å². The molecule has 2 aliphatic rings. The second-order valence-corrected chi connectivity index (χ2v) is 4.18. The highest BCUT2D eigenvalue weighted by atomic mass is 15.2. The van der Waals surface area contributed by atoms with Crippen molar-refractivity contribution in [1.29, 1.82) is 0 Å². The van der Waals surface area contributed by atoms with Gasteiger partial charge in [-0.3, -0.25) is 0 Å². The summed E-state index contributed by atoms with van der Waals surface area (Å²) in [6.07, 6.45) is 1.86. The third kappa shape index (κ3) is 1.32. The lowest BCUT2D eigenvalue weighted by Crippen LogP contribution is -1.98. The summed E-state index contributed by atoms with van der Waals surface area (Å²) in [4.78, 5) is 6.44. The Bertz CT molecular complexity index is 763. The molecular weight excluding hydrogens is 224 g/mol. The first-order valence-corrected chi connectivity index (χ1v) is 5.71. The van der Waals surface area contributed by atoms with Gasteiger partial charge < -0.3 is 9.97 Å². The molecule has 0 atom stereocenters. The zero-order chi connectivity index (χ0) is 11.9. The molecule has 0 saturated carbocycles. The van der Waals surface area contributed by atoms with Gasteiger partial charge in [-0.05, 0) is 18.2 Å². The van der Waals surface area contributed by atoms with Crippen molar-refractivity contribution in [3.63, 3.8) is 0 Å². The number of fused-ring (bicyclic) bond motifs is 2. The number of aromatic amines is 2. The Morgan fingerprint density at radius 2 is 2.00 bits per heavy atom. The molecule has 85 valence electrons. The van der Waals surface area contributed by atoms with Crippen LogP contribution in [0.15, 0.2) is 42.6 Å². The van der Waals surface area contributed by atoms with Crippen molar-refractivity contribution in [2.45, 2.75) is 0 Å². The van der Waals surface area contributed by atoms with Gasteiger partial charge in [-0.2, -0.15) is 0 Å². The van der Waals surface area contributed by atoms with E-state index in [1.165, 1.54) is 5.39 Å². The monoisotopic (exact) mass is 233 g/mol. The van der Waals surface area contributed by atoms with Gasteiger partial charge in [-0.25, -0.2) is 0 Å². The molecule has 4 rings (SSSR count). The Hall–Kier alpha value is -2.62. The normalized spacial score (nSPS) is 11.3. The highest BCUT2D eigenvalue weighted by molar-refractivity contribution is 5.85. The molecule has 0 spiro atoms.